The standard InChI is InChI=1S/C18H16BrClO4/c1-22-15-9-6-12(10-16(15)23-2)14(21)8-5-11-4-7-13(20)17(19)18(11)24-3/h4-10H,1-3H3/b8-5+. The molecule has 0 atom stereocenters. The number of hydrogen-bond acceptors (Lipinski definition) is 4. The highest BCUT2D eigenvalue weighted by Crippen LogP contribution is 2.36. The Balaban J connectivity index is 2.30. The Hall–Kier alpha value is -1.98. The first-order chi connectivity index (χ1) is 11.5. The largest absolute Gasteiger partial charge is 0.495 e. The maximum atomic E-state index is 12.4. The van der Waals surface area contributed by atoms with E-state index in [4.69, 9.17) is 25.8 Å². The highest BCUT2D eigenvalue weighted by atomic mass is 79.9. The molecule has 2 aromatic carbocycles. The van der Waals surface area contributed by atoms with E-state index in [1.54, 1.807) is 50.6 Å². The van der Waals surface area contributed by atoms with Crippen molar-refractivity contribution in [2.24, 2.45) is 0 Å². The van der Waals surface area contributed by atoms with Crippen LogP contribution >= 0.6 is 27.5 Å². The van der Waals surface area contributed by atoms with Crippen molar-refractivity contribution in [3.05, 3.63) is 57.0 Å². The fourth-order valence-corrected chi connectivity index (χ4v) is 2.81. The molecule has 0 saturated heterocycles. The molecule has 0 spiro atoms. The van der Waals surface area contributed by atoms with Crippen LogP contribution in [-0.2, 0) is 0 Å². The average Bonchev–Trinajstić information content (AvgIpc) is 2.61. The molecule has 6 heteroatoms. The summed E-state index contributed by atoms with van der Waals surface area (Å²) in [6.07, 6.45) is 3.15. The van der Waals surface area contributed by atoms with Crippen molar-refractivity contribution in [1.82, 2.24) is 0 Å². The lowest BCUT2D eigenvalue weighted by Gasteiger charge is -2.09. The number of ketones is 1. The number of carbonyl (C=O) groups is 1. The van der Waals surface area contributed by atoms with E-state index >= 15 is 0 Å². The number of carbonyl (C=O) groups excluding carboxylic acids is 1. The Bertz CT molecular complexity index is 787. The Labute approximate surface area is 154 Å². The van der Waals surface area contributed by atoms with Crippen LogP contribution in [0, 0.1) is 0 Å². The van der Waals surface area contributed by atoms with Crippen LogP contribution in [0.1, 0.15) is 15.9 Å². The van der Waals surface area contributed by atoms with Crippen LogP contribution in [0.2, 0.25) is 5.02 Å². The van der Waals surface area contributed by atoms with Crippen molar-refractivity contribution in [3.8, 4) is 17.2 Å². The Morgan fingerprint density at radius 2 is 1.75 bits per heavy atom. The molecule has 0 bridgehead atoms. The minimum absolute atomic E-state index is 0.163. The summed E-state index contributed by atoms with van der Waals surface area (Å²) in [5.74, 6) is 1.48. The Morgan fingerprint density at radius 1 is 1.04 bits per heavy atom. The summed E-state index contributed by atoms with van der Waals surface area (Å²) < 4.78 is 16.4. The first-order valence-corrected chi connectivity index (χ1v) is 8.15. The maximum absolute atomic E-state index is 12.4. The second-order valence-electron chi connectivity index (χ2n) is 4.75. The fourth-order valence-electron chi connectivity index (χ4n) is 2.14. The molecule has 0 aromatic heterocycles. The van der Waals surface area contributed by atoms with Gasteiger partial charge in [-0.3, -0.25) is 4.79 Å². The molecule has 0 aliphatic carbocycles. The summed E-state index contributed by atoms with van der Waals surface area (Å²) in [6.45, 7) is 0. The molecular weight excluding hydrogens is 396 g/mol. The fraction of sp³-hybridized carbons (Fsp3) is 0.167. The third-order valence-corrected chi connectivity index (χ3v) is 4.70. The van der Waals surface area contributed by atoms with Gasteiger partial charge in [-0.15, -0.1) is 0 Å². The molecule has 126 valence electrons. The van der Waals surface area contributed by atoms with Crippen LogP contribution < -0.4 is 14.2 Å². The molecule has 0 aliphatic rings. The van der Waals surface area contributed by atoms with Crippen LogP contribution in [0.15, 0.2) is 40.9 Å². The van der Waals surface area contributed by atoms with Crippen molar-refractivity contribution in [2.75, 3.05) is 21.3 Å². The number of methoxy groups -OCH3 is 3. The summed E-state index contributed by atoms with van der Waals surface area (Å²) in [6, 6.07) is 8.53. The molecule has 0 unspecified atom stereocenters. The van der Waals surface area contributed by atoms with Gasteiger partial charge in [-0.1, -0.05) is 11.6 Å². The molecule has 0 saturated carbocycles. The van der Waals surface area contributed by atoms with Gasteiger partial charge in [0.2, 0.25) is 0 Å². The molecular formula is C18H16BrClO4. The highest BCUT2D eigenvalue weighted by Gasteiger charge is 2.11. The lowest BCUT2D eigenvalue weighted by atomic mass is 10.1. The third-order valence-electron chi connectivity index (χ3n) is 3.37. The van der Waals surface area contributed by atoms with E-state index in [1.807, 2.05) is 0 Å². The third kappa shape index (κ3) is 3.91. The summed E-state index contributed by atoms with van der Waals surface area (Å²) in [4.78, 5) is 12.4. The number of benzene rings is 2. The molecule has 0 radical (unpaired) electrons. The average molecular weight is 412 g/mol. The predicted octanol–water partition coefficient (Wildman–Crippen LogP) is 5.02. The van der Waals surface area contributed by atoms with Gasteiger partial charge in [0.15, 0.2) is 17.3 Å². The summed E-state index contributed by atoms with van der Waals surface area (Å²) in [7, 11) is 4.62. The van der Waals surface area contributed by atoms with E-state index in [-0.39, 0.29) is 5.78 Å². The van der Waals surface area contributed by atoms with Gasteiger partial charge < -0.3 is 14.2 Å². The predicted molar refractivity (Wildman–Crippen MR) is 98.6 cm³/mol. The quantitative estimate of drug-likeness (QED) is 0.494. The topological polar surface area (TPSA) is 44.8 Å². The van der Waals surface area contributed by atoms with Gasteiger partial charge in [0.05, 0.1) is 30.8 Å². The first-order valence-electron chi connectivity index (χ1n) is 6.98. The van der Waals surface area contributed by atoms with E-state index in [0.29, 0.717) is 32.3 Å². The molecule has 0 amide bonds. The normalized spacial score (nSPS) is 10.7. The van der Waals surface area contributed by atoms with Crippen molar-refractivity contribution < 1.29 is 19.0 Å². The highest BCUT2D eigenvalue weighted by molar-refractivity contribution is 9.10. The molecule has 2 aromatic rings. The van der Waals surface area contributed by atoms with Gasteiger partial charge in [-0.2, -0.15) is 0 Å². The van der Waals surface area contributed by atoms with Crippen molar-refractivity contribution in [1.29, 1.82) is 0 Å². The van der Waals surface area contributed by atoms with Gasteiger partial charge in [-0.25, -0.2) is 0 Å². The van der Waals surface area contributed by atoms with Crippen LogP contribution in [0.3, 0.4) is 0 Å². The van der Waals surface area contributed by atoms with Crippen LogP contribution in [0.4, 0.5) is 0 Å². The molecule has 0 N–H and O–H groups in total. The van der Waals surface area contributed by atoms with E-state index in [1.165, 1.54) is 13.2 Å². The number of ether oxygens (including phenoxy) is 3. The summed E-state index contributed by atoms with van der Waals surface area (Å²) in [5.41, 5.74) is 1.23. The molecule has 0 aliphatic heterocycles. The van der Waals surface area contributed by atoms with Crippen molar-refractivity contribution in [3.63, 3.8) is 0 Å². The van der Waals surface area contributed by atoms with E-state index < -0.39 is 0 Å². The van der Waals surface area contributed by atoms with Gasteiger partial charge in [0.25, 0.3) is 0 Å². The van der Waals surface area contributed by atoms with Crippen LogP contribution in [-0.4, -0.2) is 27.1 Å². The molecule has 0 fully saturated rings. The second-order valence-corrected chi connectivity index (χ2v) is 5.95. The zero-order valence-corrected chi connectivity index (χ0v) is 15.8. The number of halogens is 2. The van der Waals surface area contributed by atoms with E-state index in [0.717, 1.165) is 5.56 Å². The Morgan fingerprint density at radius 3 is 2.38 bits per heavy atom. The van der Waals surface area contributed by atoms with Gasteiger partial charge >= 0.3 is 0 Å². The van der Waals surface area contributed by atoms with Crippen molar-refractivity contribution in [2.45, 2.75) is 0 Å². The van der Waals surface area contributed by atoms with Crippen LogP contribution in [0.25, 0.3) is 6.08 Å². The molecule has 24 heavy (non-hydrogen) atoms. The van der Waals surface area contributed by atoms with Crippen molar-refractivity contribution >= 4 is 39.4 Å². The summed E-state index contributed by atoms with van der Waals surface area (Å²) in [5, 5.41) is 0.537. The smallest absolute Gasteiger partial charge is 0.185 e. The van der Waals surface area contributed by atoms with Gasteiger partial charge in [0.1, 0.15) is 5.75 Å². The lowest BCUT2D eigenvalue weighted by Crippen LogP contribution is -1.97. The minimum Gasteiger partial charge on any atom is -0.495 e. The number of rotatable bonds is 6. The monoisotopic (exact) mass is 410 g/mol. The van der Waals surface area contributed by atoms with Gasteiger partial charge in [0, 0.05) is 11.1 Å². The minimum atomic E-state index is -0.163. The maximum Gasteiger partial charge on any atom is 0.185 e. The molecule has 4 nitrogen and oxygen atoms in total. The van der Waals surface area contributed by atoms with Crippen LogP contribution in [0.5, 0.6) is 17.2 Å². The second kappa shape index (κ2) is 8.22. The zero-order chi connectivity index (χ0) is 17.7. The zero-order valence-electron chi connectivity index (χ0n) is 13.4. The Kier molecular flexibility index (Phi) is 6.29. The van der Waals surface area contributed by atoms with Gasteiger partial charge in [-0.05, 0) is 58.4 Å². The SMILES string of the molecule is COc1ccc(C(=O)/C=C/c2ccc(Cl)c(Br)c2OC)cc1OC. The number of allylic oxidation sites excluding steroid dienone is 1. The summed E-state index contributed by atoms with van der Waals surface area (Å²) >= 11 is 9.41. The lowest BCUT2D eigenvalue weighted by molar-refractivity contribution is 0.104. The van der Waals surface area contributed by atoms with E-state index in [2.05, 4.69) is 15.9 Å². The number of hydrogen-bond donors (Lipinski definition) is 0. The molecule has 0 heterocycles. The molecule has 2 rings (SSSR count). The van der Waals surface area contributed by atoms with E-state index in [9.17, 15) is 4.79 Å². The first kappa shape index (κ1) is 18.4.